The summed E-state index contributed by atoms with van der Waals surface area (Å²) in [5.74, 6) is -0.899. The number of benzene rings is 2. The first kappa shape index (κ1) is 21.8. The normalized spacial score (nSPS) is 20.2. The molecule has 0 unspecified atom stereocenters. The summed E-state index contributed by atoms with van der Waals surface area (Å²) in [6.07, 6.45) is 0.435. The molecule has 2 aliphatic rings. The van der Waals surface area contributed by atoms with Crippen LogP contribution in [0.25, 0.3) is 0 Å². The van der Waals surface area contributed by atoms with Crippen molar-refractivity contribution in [2.75, 3.05) is 5.32 Å². The average molecular weight is 439 g/mol. The Morgan fingerprint density at radius 1 is 1.09 bits per heavy atom. The highest BCUT2D eigenvalue weighted by atomic mass is 19.1. The topological polar surface area (TPSA) is 87.7 Å². The third kappa shape index (κ3) is 4.90. The van der Waals surface area contributed by atoms with Crippen molar-refractivity contribution in [2.45, 2.75) is 51.4 Å². The summed E-state index contributed by atoms with van der Waals surface area (Å²) < 4.78 is 18.9. The van der Waals surface area contributed by atoms with Crippen LogP contribution in [-0.4, -0.2) is 34.9 Å². The highest BCUT2D eigenvalue weighted by molar-refractivity contribution is 5.92. The Labute approximate surface area is 185 Å². The van der Waals surface area contributed by atoms with E-state index in [1.807, 2.05) is 0 Å². The van der Waals surface area contributed by atoms with Crippen molar-refractivity contribution >= 4 is 23.6 Å². The molecular formula is C24H26FN3O4. The Hall–Kier alpha value is -3.42. The number of nitrogens with zero attached hydrogens (tertiary/aromatic N) is 1. The zero-order valence-electron chi connectivity index (χ0n) is 18.0. The molecule has 2 fully saturated rings. The van der Waals surface area contributed by atoms with Crippen molar-refractivity contribution in [3.63, 3.8) is 0 Å². The fourth-order valence-corrected chi connectivity index (χ4v) is 3.55. The number of nitrogens with one attached hydrogen (secondary N) is 2. The standard InChI is InChI=1S/C24H26FN3O4/c1-14(2)22(29)26-18-9-5-16(6-10-18)21-20(23(30)27-19-11-12-19)28(24(31)32-21)13-15-3-7-17(25)8-4-15/h3-10,14,19-21H,11-13H2,1-2H3,(H,26,29)(H,27,30)/t20-,21-/m1/s1. The fraction of sp³-hybridized carbons (Fsp3) is 0.375. The lowest BCUT2D eigenvalue weighted by Gasteiger charge is -2.24. The number of carbonyl (C=O) groups is 3. The average Bonchev–Trinajstić information content (AvgIpc) is 3.52. The quantitative estimate of drug-likeness (QED) is 0.688. The number of hydrogen-bond acceptors (Lipinski definition) is 4. The van der Waals surface area contributed by atoms with Crippen LogP contribution in [0.5, 0.6) is 0 Å². The highest BCUT2D eigenvalue weighted by Gasteiger charge is 2.47. The lowest BCUT2D eigenvalue weighted by Crippen LogP contribution is -2.46. The largest absolute Gasteiger partial charge is 0.438 e. The van der Waals surface area contributed by atoms with Gasteiger partial charge in [-0.3, -0.25) is 14.5 Å². The van der Waals surface area contributed by atoms with E-state index in [2.05, 4.69) is 10.6 Å². The molecule has 0 aromatic heterocycles. The van der Waals surface area contributed by atoms with Gasteiger partial charge in [0, 0.05) is 17.6 Å². The van der Waals surface area contributed by atoms with Gasteiger partial charge in [0.15, 0.2) is 12.1 Å². The van der Waals surface area contributed by atoms with E-state index in [0.29, 0.717) is 16.8 Å². The number of cyclic esters (lactones) is 1. The monoisotopic (exact) mass is 439 g/mol. The maximum Gasteiger partial charge on any atom is 0.411 e. The molecule has 32 heavy (non-hydrogen) atoms. The van der Waals surface area contributed by atoms with Crippen LogP contribution in [0, 0.1) is 11.7 Å². The van der Waals surface area contributed by atoms with Crippen LogP contribution in [0.4, 0.5) is 14.9 Å². The lowest BCUT2D eigenvalue weighted by atomic mass is 10.00. The Morgan fingerprint density at radius 3 is 2.34 bits per heavy atom. The number of rotatable bonds is 7. The molecule has 0 radical (unpaired) electrons. The molecule has 3 amide bonds. The molecule has 0 bridgehead atoms. The van der Waals surface area contributed by atoms with E-state index in [1.54, 1.807) is 50.2 Å². The Morgan fingerprint density at radius 2 is 1.75 bits per heavy atom. The molecule has 1 aliphatic carbocycles. The van der Waals surface area contributed by atoms with Gasteiger partial charge in [0.05, 0.1) is 6.54 Å². The van der Waals surface area contributed by atoms with E-state index in [9.17, 15) is 18.8 Å². The number of ether oxygens (including phenoxy) is 1. The summed E-state index contributed by atoms with van der Waals surface area (Å²) in [7, 11) is 0. The zero-order chi connectivity index (χ0) is 22.8. The minimum Gasteiger partial charge on any atom is -0.438 e. The zero-order valence-corrected chi connectivity index (χ0v) is 18.0. The SMILES string of the molecule is CC(C)C(=O)Nc1ccc([C@H]2OC(=O)N(Cc3ccc(F)cc3)[C@H]2C(=O)NC2CC2)cc1. The number of carbonyl (C=O) groups excluding carboxylic acids is 3. The number of hydrogen-bond donors (Lipinski definition) is 2. The molecule has 2 aromatic rings. The van der Waals surface area contributed by atoms with Gasteiger partial charge in [0.1, 0.15) is 5.82 Å². The Balaban J connectivity index is 1.57. The molecule has 2 aromatic carbocycles. The van der Waals surface area contributed by atoms with Crippen molar-refractivity contribution < 1.29 is 23.5 Å². The van der Waals surface area contributed by atoms with E-state index >= 15 is 0 Å². The molecule has 1 saturated carbocycles. The lowest BCUT2D eigenvalue weighted by molar-refractivity contribution is -0.126. The van der Waals surface area contributed by atoms with Crippen LogP contribution < -0.4 is 10.6 Å². The van der Waals surface area contributed by atoms with Gasteiger partial charge < -0.3 is 15.4 Å². The van der Waals surface area contributed by atoms with E-state index < -0.39 is 18.2 Å². The maximum absolute atomic E-state index is 13.3. The van der Waals surface area contributed by atoms with Gasteiger partial charge in [-0.05, 0) is 48.2 Å². The van der Waals surface area contributed by atoms with Crippen molar-refractivity contribution in [3.05, 3.63) is 65.5 Å². The van der Waals surface area contributed by atoms with Gasteiger partial charge in [0.25, 0.3) is 0 Å². The Kier molecular flexibility index (Phi) is 6.12. The first-order valence-corrected chi connectivity index (χ1v) is 10.7. The molecule has 2 N–H and O–H groups in total. The molecule has 1 saturated heterocycles. The molecular weight excluding hydrogens is 413 g/mol. The van der Waals surface area contributed by atoms with Gasteiger partial charge in [-0.25, -0.2) is 9.18 Å². The van der Waals surface area contributed by atoms with E-state index in [4.69, 9.17) is 4.74 Å². The van der Waals surface area contributed by atoms with Crippen LogP contribution in [0.15, 0.2) is 48.5 Å². The first-order chi connectivity index (χ1) is 15.3. The van der Waals surface area contributed by atoms with Gasteiger partial charge in [-0.1, -0.05) is 38.1 Å². The predicted molar refractivity (Wildman–Crippen MR) is 116 cm³/mol. The van der Waals surface area contributed by atoms with Gasteiger partial charge >= 0.3 is 6.09 Å². The third-order valence-corrected chi connectivity index (χ3v) is 5.57. The molecule has 1 aliphatic heterocycles. The molecule has 7 nitrogen and oxygen atoms in total. The predicted octanol–water partition coefficient (Wildman–Crippen LogP) is 3.76. The second kappa shape index (κ2) is 8.98. The highest BCUT2D eigenvalue weighted by Crippen LogP contribution is 2.35. The van der Waals surface area contributed by atoms with Crippen LogP contribution in [0.3, 0.4) is 0 Å². The molecule has 168 valence electrons. The van der Waals surface area contributed by atoms with Gasteiger partial charge in [0.2, 0.25) is 11.8 Å². The smallest absolute Gasteiger partial charge is 0.411 e. The van der Waals surface area contributed by atoms with E-state index in [-0.39, 0.29) is 36.1 Å². The third-order valence-electron chi connectivity index (χ3n) is 5.57. The summed E-state index contributed by atoms with van der Waals surface area (Å²) in [5, 5.41) is 5.78. The second-order valence-electron chi connectivity index (χ2n) is 8.55. The second-order valence-corrected chi connectivity index (χ2v) is 8.55. The van der Waals surface area contributed by atoms with Crippen LogP contribution in [-0.2, 0) is 20.9 Å². The number of amides is 3. The maximum atomic E-state index is 13.3. The van der Waals surface area contributed by atoms with Crippen molar-refractivity contribution in [1.29, 1.82) is 0 Å². The van der Waals surface area contributed by atoms with E-state index in [1.165, 1.54) is 17.0 Å². The van der Waals surface area contributed by atoms with Crippen LogP contribution in [0.1, 0.15) is 43.9 Å². The summed E-state index contributed by atoms with van der Waals surface area (Å²) in [4.78, 5) is 39.1. The summed E-state index contributed by atoms with van der Waals surface area (Å²) in [6, 6.07) is 12.0. The Bertz CT molecular complexity index is 1000. The van der Waals surface area contributed by atoms with Crippen LogP contribution in [0.2, 0.25) is 0 Å². The summed E-state index contributed by atoms with van der Waals surface area (Å²) in [6.45, 7) is 3.74. The minimum absolute atomic E-state index is 0.0998. The number of anilines is 1. The summed E-state index contributed by atoms with van der Waals surface area (Å²) >= 11 is 0. The molecule has 4 rings (SSSR count). The molecule has 0 spiro atoms. The molecule has 8 heteroatoms. The fourth-order valence-electron chi connectivity index (χ4n) is 3.55. The van der Waals surface area contributed by atoms with Crippen molar-refractivity contribution in [1.82, 2.24) is 10.2 Å². The van der Waals surface area contributed by atoms with Gasteiger partial charge in [-0.2, -0.15) is 0 Å². The van der Waals surface area contributed by atoms with Crippen molar-refractivity contribution in [2.24, 2.45) is 5.92 Å². The van der Waals surface area contributed by atoms with E-state index in [0.717, 1.165) is 12.8 Å². The van der Waals surface area contributed by atoms with Gasteiger partial charge in [-0.15, -0.1) is 0 Å². The first-order valence-electron chi connectivity index (χ1n) is 10.7. The number of halogens is 1. The van der Waals surface area contributed by atoms with Crippen molar-refractivity contribution in [3.8, 4) is 0 Å². The van der Waals surface area contributed by atoms with Crippen LogP contribution >= 0.6 is 0 Å². The molecule has 1 heterocycles. The summed E-state index contributed by atoms with van der Waals surface area (Å²) in [5.41, 5.74) is 1.97. The minimum atomic E-state index is -0.857. The molecule has 2 atom stereocenters.